The van der Waals surface area contributed by atoms with Gasteiger partial charge in [-0.05, 0) is 24.5 Å². The molecule has 15 heavy (non-hydrogen) atoms. The molecule has 0 aliphatic carbocycles. The van der Waals surface area contributed by atoms with Crippen molar-refractivity contribution in [3.63, 3.8) is 0 Å². The molecule has 0 N–H and O–H groups in total. The van der Waals surface area contributed by atoms with E-state index in [1.54, 1.807) is 4.90 Å². The number of amides is 1. The molecule has 1 aliphatic heterocycles. The highest BCUT2D eigenvalue weighted by atomic mass is 16.2. The highest BCUT2D eigenvalue weighted by Gasteiger charge is 2.25. The number of rotatable bonds is 2. The largest absolute Gasteiger partial charge is 0.336 e. The molecular weight excluding hydrogens is 188 g/mol. The molecule has 0 aromatic carbocycles. The lowest BCUT2D eigenvalue weighted by molar-refractivity contribution is 0.0816. The van der Waals surface area contributed by atoms with E-state index in [2.05, 4.69) is 18.8 Å². The van der Waals surface area contributed by atoms with E-state index in [1.165, 1.54) is 0 Å². The van der Waals surface area contributed by atoms with Crippen LogP contribution in [0.5, 0.6) is 0 Å². The summed E-state index contributed by atoms with van der Waals surface area (Å²) >= 11 is 0. The Bertz CT molecular complexity index is 399. The first-order valence-electron chi connectivity index (χ1n) is 5.32. The van der Waals surface area contributed by atoms with Gasteiger partial charge in [0.15, 0.2) is 0 Å². The summed E-state index contributed by atoms with van der Waals surface area (Å²) in [5.74, 6) is 0.694. The Balaban J connectivity index is 2.29. The number of fused-ring (bicyclic) bond motifs is 1. The third-order valence-corrected chi connectivity index (χ3v) is 2.61. The maximum atomic E-state index is 11.6. The first kappa shape index (κ1) is 10.1. The van der Waals surface area contributed by atoms with Crippen LogP contribution >= 0.6 is 0 Å². The second-order valence-corrected chi connectivity index (χ2v) is 4.56. The van der Waals surface area contributed by atoms with Gasteiger partial charge in [0.1, 0.15) is 0 Å². The summed E-state index contributed by atoms with van der Waals surface area (Å²) in [4.78, 5) is 17.9. The lowest BCUT2D eigenvalue weighted by Gasteiger charge is -2.05. The molecule has 2 rings (SSSR count). The summed E-state index contributed by atoms with van der Waals surface area (Å²) < 4.78 is 0. The second-order valence-electron chi connectivity index (χ2n) is 4.56. The van der Waals surface area contributed by atoms with E-state index in [-0.39, 0.29) is 5.91 Å². The van der Waals surface area contributed by atoms with Crippen molar-refractivity contribution >= 4 is 5.91 Å². The first-order valence-corrected chi connectivity index (χ1v) is 5.32. The monoisotopic (exact) mass is 204 g/mol. The summed E-state index contributed by atoms with van der Waals surface area (Å²) in [5.41, 5.74) is 2.79. The Hall–Kier alpha value is -1.38. The van der Waals surface area contributed by atoms with Crippen LogP contribution in [-0.4, -0.2) is 22.8 Å². The van der Waals surface area contributed by atoms with Crippen molar-refractivity contribution in [2.75, 3.05) is 7.05 Å². The van der Waals surface area contributed by atoms with Crippen molar-refractivity contribution in [3.8, 4) is 0 Å². The summed E-state index contributed by atoms with van der Waals surface area (Å²) in [6.45, 7) is 5.00. The molecule has 0 fully saturated rings. The molecule has 0 spiro atoms. The molecule has 0 radical (unpaired) electrons. The quantitative estimate of drug-likeness (QED) is 0.736. The van der Waals surface area contributed by atoms with Gasteiger partial charge in [0, 0.05) is 12.7 Å². The van der Waals surface area contributed by atoms with Gasteiger partial charge < -0.3 is 4.90 Å². The first-order chi connectivity index (χ1) is 7.08. The van der Waals surface area contributed by atoms with Crippen molar-refractivity contribution in [2.45, 2.75) is 26.8 Å². The molecular formula is C12H16N2O. The van der Waals surface area contributed by atoms with Gasteiger partial charge in [0.2, 0.25) is 0 Å². The zero-order valence-electron chi connectivity index (χ0n) is 9.45. The van der Waals surface area contributed by atoms with Crippen LogP contribution in [0.1, 0.15) is 35.6 Å². The molecule has 2 heterocycles. The maximum Gasteiger partial charge on any atom is 0.255 e. The topological polar surface area (TPSA) is 33.2 Å². The van der Waals surface area contributed by atoms with Crippen molar-refractivity contribution in [3.05, 3.63) is 29.1 Å². The number of pyridine rings is 1. The fourth-order valence-corrected chi connectivity index (χ4v) is 1.90. The molecule has 1 aromatic rings. The number of nitrogens with zero attached hydrogens (tertiary/aromatic N) is 2. The minimum Gasteiger partial charge on any atom is -0.336 e. The standard InChI is InChI=1S/C12H16N2O/c1-8(2)6-9-4-5-10-11(13-9)7-14(3)12(10)15/h4-5,8H,6-7H2,1-3H3. The Morgan fingerprint density at radius 3 is 2.87 bits per heavy atom. The Morgan fingerprint density at radius 1 is 1.47 bits per heavy atom. The SMILES string of the molecule is CC(C)Cc1ccc2c(n1)CN(C)C2=O. The number of hydrogen-bond donors (Lipinski definition) is 0. The Kier molecular flexibility index (Phi) is 2.47. The van der Waals surface area contributed by atoms with Crippen molar-refractivity contribution < 1.29 is 4.79 Å². The van der Waals surface area contributed by atoms with Crippen LogP contribution in [0.15, 0.2) is 12.1 Å². The van der Waals surface area contributed by atoms with Gasteiger partial charge in [0.25, 0.3) is 5.91 Å². The molecule has 0 unspecified atom stereocenters. The van der Waals surface area contributed by atoms with Crippen LogP contribution < -0.4 is 0 Å². The summed E-state index contributed by atoms with van der Waals surface area (Å²) in [5, 5.41) is 0. The van der Waals surface area contributed by atoms with Crippen molar-refractivity contribution in [2.24, 2.45) is 5.92 Å². The molecule has 0 atom stereocenters. The van der Waals surface area contributed by atoms with E-state index in [0.717, 1.165) is 23.4 Å². The number of aromatic nitrogens is 1. The van der Waals surface area contributed by atoms with Crippen LogP contribution in [0.3, 0.4) is 0 Å². The van der Waals surface area contributed by atoms with E-state index in [1.807, 2.05) is 19.2 Å². The summed E-state index contributed by atoms with van der Waals surface area (Å²) in [7, 11) is 1.81. The predicted molar refractivity (Wildman–Crippen MR) is 58.6 cm³/mol. The van der Waals surface area contributed by atoms with Crippen LogP contribution in [0, 0.1) is 5.92 Å². The third-order valence-electron chi connectivity index (χ3n) is 2.61. The second kappa shape index (κ2) is 3.65. The Labute approximate surface area is 90.1 Å². The fraction of sp³-hybridized carbons (Fsp3) is 0.500. The van der Waals surface area contributed by atoms with Gasteiger partial charge in [-0.25, -0.2) is 0 Å². The zero-order valence-corrected chi connectivity index (χ0v) is 9.45. The Morgan fingerprint density at radius 2 is 2.20 bits per heavy atom. The normalized spacial score (nSPS) is 14.9. The molecule has 80 valence electrons. The highest BCUT2D eigenvalue weighted by molar-refractivity contribution is 5.97. The van der Waals surface area contributed by atoms with E-state index in [0.29, 0.717) is 12.5 Å². The third kappa shape index (κ3) is 1.87. The van der Waals surface area contributed by atoms with Crippen LogP contribution in [0.25, 0.3) is 0 Å². The van der Waals surface area contributed by atoms with Crippen LogP contribution in [-0.2, 0) is 13.0 Å². The van der Waals surface area contributed by atoms with Gasteiger partial charge >= 0.3 is 0 Å². The number of carbonyl (C=O) groups is 1. The van der Waals surface area contributed by atoms with Gasteiger partial charge in [-0.15, -0.1) is 0 Å². The smallest absolute Gasteiger partial charge is 0.255 e. The van der Waals surface area contributed by atoms with Gasteiger partial charge in [0.05, 0.1) is 17.8 Å². The summed E-state index contributed by atoms with van der Waals surface area (Å²) in [6, 6.07) is 3.88. The van der Waals surface area contributed by atoms with Gasteiger partial charge in [-0.3, -0.25) is 9.78 Å². The minimum absolute atomic E-state index is 0.0913. The molecule has 0 saturated carbocycles. The van der Waals surface area contributed by atoms with Crippen molar-refractivity contribution in [1.82, 2.24) is 9.88 Å². The van der Waals surface area contributed by atoms with E-state index in [9.17, 15) is 4.79 Å². The average Bonchev–Trinajstić information content (AvgIpc) is 2.41. The lowest BCUT2D eigenvalue weighted by atomic mass is 10.1. The van der Waals surface area contributed by atoms with Crippen molar-refractivity contribution in [1.29, 1.82) is 0 Å². The van der Waals surface area contributed by atoms with Crippen LogP contribution in [0.2, 0.25) is 0 Å². The van der Waals surface area contributed by atoms with Gasteiger partial charge in [-0.1, -0.05) is 13.8 Å². The molecule has 3 heteroatoms. The summed E-state index contributed by atoms with van der Waals surface area (Å²) in [6.07, 6.45) is 0.977. The predicted octanol–water partition coefficient (Wildman–Crippen LogP) is 1.87. The zero-order chi connectivity index (χ0) is 11.0. The van der Waals surface area contributed by atoms with E-state index >= 15 is 0 Å². The maximum absolute atomic E-state index is 11.6. The fourth-order valence-electron chi connectivity index (χ4n) is 1.90. The van der Waals surface area contributed by atoms with E-state index < -0.39 is 0 Å². The molecule has 1 aliphatic rings. The molecule has 0 bridgehead atoms. The molecule has 1 amide bonds. The minimum atomic E-state index is 0.0913. The molecule has 1 aromatic heterocycles. The number of carbonyl (C=O) groups excluding carboxylic acids is 1. The lowest BCUT2D eigenvalue weighted by Crippen LogP contribution is -2.17. The average molecular weight is 204 g/mol. The molecule has 3 nitrogen and oxygen atoms in total. The van der Waals surface area contributed by atoms with E-state index in [4.69, 9.17) is 0 Å². The number of hydrogen-bond acceptors (Lipinski definition) is 2. The van der Waals surface area contributed by atoms with Crippen LogP contribution in [0.4, 0.5) is 0 Å². The highest BCUT2D eigenvalue weighted by Crippen LogP contribution is 2.20. The van der Waals surface area contributed by atoms with Gasteiger partial charge in [-0.2, -0.15) is 0 Å². The molecule has 0 saturated heterocycles.